The molecule has 0 aliphatic heterocycles. The van der Waals surface area contributed by atoms with Gasteiger partial charge in [0.25, 0.3) is 0 Å². The standard InChI is InChI=1S/C19H30N2/c1-19(2,3)16-8-6-15(7-9-16)18(12-20)21(17-10-11-17)13-14-4-5-14/h6-9,14,17-18H,4-5,10-13,20H2,1-3H3. The van der Waals surface area contributed by atoms with Gasteiger partial charge in [-0.2, -0.15) is 0 Å². The highest BCUT2D eigenvalue weighted by atomic mass is 15.2. The number of nitrogens with two attached hydrogens (primary N) is 1. The van der Waals surface area contributed by atoms with E-state index in [0.29, 0.717) is 6.04 Å². The first-order valence-electron chi connectivity index (χ1n) is 8.55. The molecule has 2 N–H and O–H groups in total. The summed E-state index contributed by atoms with van der Waals surface area (Å²) in [5.41, 5.74) is 9.18. The van der Waals surface area contributed by atoms with E-state index in [4.69, 9.17) is 5.73 Å². The van der Waals surface area contributed by atoms with Crippen molar-refractivity contribution in [3.63, 3.8) is 0 Å². The summed E-state index contributed by atoms with van der Waals surface area (Å²) in [5, 5.41) is 0. The van der Waals surface area contributed by atoms with Crippen molar-refractivity contribution in [1.29, 1.82) is 0 Å². The van der Waals surface area contributed by atoms with Crippen molar-refractivity contribution in [2.75, 3.05) is 13.1 Å². The molecule has 2 aliphatic carbocycles. The number of rotatable bonds is 6. The number of benzene rings is 1. The van der Waals surface area contributed by atoms with Gasteiger partial charge in [0.15, 0.2) is 0 Å². The third-order valence-corrected chi connectivity index (χ3v) is 4.97. The van der Waals surface area contributed by atoms with E-state index in [0.717, 1.165) is 18.5 Å². The van der Waals surface area contributed by atoms with Crippen LogP contribution >= 0.6 is 0 Å². The van der Waals surface area contributed by atoms with Gasteiger partial charge in [-0.25, -0.2) is 0 Å². The maximum atomic E-state index is 6.15. The summed E-state index contributed by atoms with van der Waals surface area (Å²) in [6, 6.07) is 10.4. The summed E-state index contributed by atoms with van der Waals surface area (Å²) in [6.45, 7) is 8.80. The monoisotopic (exact) mass is 286 g/mol. The van der Waals surface area contributed by atoms with E-state index in [-0.39, 0.29) is 5.41 Å². The zero-order valence-electron chi connectivity index (χ0n) is 13.8. The summed E-state index contributed by atoms with van der Waals surface area (Å²) < 4.78 is 0. The summed E-state index contributed by atoms with van der Waals surface area (Å²) >= 11 is 0. The Morgan fingerprint density at radius 3 is 2.14 bits per heavy atom. The fraction of sp³-hybridized carbons (Fsp3) is 0.684. The van der Waals surface area contributed by atoms with Crippen molar-refractivity contribution >= 4 is 0 Å². The van der Waals surface area contributed by atoms with Crippen LogP contribution in [0.3, 0.4) is 0 Å². The second-order valence-corrected chi connectivity index (χ2v) is 7.99. The lowest BCUT2D eigenvalue weighted by atomic mass is 9.86. The minimum atomic E-state index is 0.223. The molecule has 2 aliphatic rings. The van der Waals surface area contributed by atoms with Crippen molar-refractivity contribution < 1.29 is 0 Å². The molecule has 0 saturated heterocycles. The average molecular weight is 286 g/mol. The molecule has 2 heteroatoms. The fourth-order valence-electron chi connectivity index (χ4n) is 3.20. The first-order valence-corrected chi connectivity index (χ1v) is 8.55. The zero-order chi connectivity index (χ0) is 15.0. The van der Waals surface area contributed by atoms with Crippen molar-refractivity contribution in [1.82, 2.24) is 4.90 Å². The zero-order valence-corrected chi connectivity index (χ0v) is 13.8. The first-order chi connectivity index (χ1) is 9.99. The van der Waals surface area contributed by atoms with Crippen LogP contribution in [0.5, 0.6) is 0 Å². The van der Waals surface area contributed by atoms with Gasteiger partial charge in [-0.1, -0.05) is 45.0 Å². The molecule has 2 nitrogen and oxygen atoms in total. The van der Waals surface area contributed by atoms with Crippen molar-refractivity contribution in [2.24, 2.45) is 11.7 Å². The van der Waals surface area contributed by atoms with Gasteiger partial charge in [0.05, 0.1) is 0 Å². The summed E-state index contributed by atoms with van der Waals surface area (Å²) in [7, 11) is 0. The lowest BCUT2D eigenvalue weighted by Gasteiger charge is -2.32. The lowest BCUT2D eigenvalue weighted by molar-refractivity contribution is 0.183. The van der Waals surface area contributed by atoms with E-state index in [2.05, 4.69) is 49.9 Å². The number of hydrogen-bond donors (Lipinski definition) is 1. The first kappa shape index (κ1) is 15.1. The SMILES string of the molecule is CC(C)(C)c1ccc(C(CN)N(CC2CC2)C2CC2)cc1. The van der Waals surface area contributed by atoms with Gasteiger partial charge >= 0.3 is 0 Å². The highest BCUT2D eigenvalue weighted by molar-refractivity contribution is 5.29. The van der Waals surface area contributed by atoms with Gasteiger partial charge in [-0.05, 0) is 48.1 Å². The van der Waals surface area contributed by atoms with E-state index in [1.807, 2.05) is 0 Å². The van der Waals surface area contributed by atoms with E-state index in [1.165, 1.54) is 43.4 Å². The summed E-state index contributed by atoms with van der Waals surface area (Å²) in [6.07, 6.45) is 5.57. The average Bonchev–Trinajstić information content (AvgIpc) is 3.31. The Kier molecular flexibility index (Phi) is 4.11. The molecule has 116 valence electrons. The Labute approximate surface area is 129 Å². The van der Waals surface area contributed by atoms with Crippen molar-refractivity contribution in [3.8, 4) is 0 Å². The van der Waals surface area contributed by atoms with Gasteiger partial charge in [-0.3, -0.25) is 4.90 Å². The van der Waals surface area contributed by atoms with Gasteiger partial charge in [-0.15, -0.1) is 0 Å². The van der Waals surface area contributed by atoms with E-state index >= 15 is 0 Å². The van der Waals surface area contributed by atoms with Crippen LogP contribution in [0, 0.1) is 5.92 Å². The van der Waals surface area contributed by atoms with E-state index in [9.17, 15) is 0 Å². The van der Waals surface area contributed by atoms with Crippen LogP contribution in [0.2, 0.25) is 0 Å². The highest BCUT2D eigenvalue weighted by Gasteiger charge is 2.37. The second kappa shape index (κ2) is 5.73. The quantitative estimate of drug-likeness (QED) is 0.860. The van der Waals surface area contributed by atoms with Crippen LogP contribution in [0.15, 0.2) is 24.3 Å². The topological polar surface area (TPSA) is 29.3 Å². The predicted octanol–water partition coefficient (Wildman–Crippen LogP) is 3.86. The molecule has 0 aromatic heterocycles. The third-order valence-electron chi connectivity index (χ3n) is 4.97. The normalized spacial score (nSPS) is 20.8. The molecular formula is C19H30N2. The predicted molar refractivity (Wildman–Crippen MR) is 89.4 cm³/mol. The number of nitrogens with zero attached hydrogens (tertiary/aromatic N) is 1. The summed E-state index contributed by atoms with van der Waals surface area (Å²) in [5.74, 6) is 0.938. The molecule has 1 unspecified atom stereocenters. The van der Waals surface area contributed by atoms with Gasteiger partial charge in [0.1, 0.15) is 0 Å². The maximum Gasteiger partial charge on any atom is 0.0473 e. The van der Waals surface area contributed by atoms with E-state index in [1.54, 1.807) is 0 Å². The third kappa shape index (κ3) is 3.67. The van der Waals surface area contributed by atoms with Crippen LogP contribution in [-0.2, 0) is 5.41 Å². The molecule has 1 atom stereocenters. The number of hydrogen-bond acceptors (Lipinski definition) is 2. The van der Waals surface area contributed by atoms with Crippen LogP contribution in [0.4, 0.5) is 0 Å². The van der Waals surface area contributed by atoms with Crippen LogP contribution in [0.25, 0.3) is 0 Å². The van der Waals surface area contributed by atoms with Gasteiger partial charge in [0.2, 0.25) is 0 Å². The summed E-state index contributed by atoms with van der Waals surface area (Å²) in [4.78, 5) is 2.70. The molecule has 2 fully saturated rings. The Balaban J connectivity index is 1.77. The molecule has 1 aromatic rings. The van der Waals surface area contributed by atoms with Crippen LogP contribution in [-0.4, -0.2) is 24.0 Å². The van der Waals surface area contributed by atoms with Crippen molar-refractivity contribution in [2.45, 2.75) is 64.0 Å². The molecule has 0 radical (unpaired) electrons. The largest absolute Gasteiger partial charge is 0.329 e. The van der Waals surface area contributed by atoms with Gasteiger partial charge in [0, 0.05) is 25.2 Å². The Morgan fingerprint density at radius 1 is 1.10 bits per heavy atom. The molecule has 0 spiro atoms. The molecule has 2 saturated carbocycles. The smallest absolute Gasteiger partial charge is 0.0473 e. The molecular weight excluding hydrogens is 256 g/mol. The molecule has 21 heavy (non-hydrogen) atoms. The van der Waals surface area contributed by atoms with Crippen molar-refractivity contribution in [3.05, 3.63) is 35.4 Å². The Morgan fingerprint density at radius 2 is 1.71 bits per heavy atom. The Bertz CT molecular complexity index is 463. The molecule has 0 amide bonds. The van der Waals surface area contributed by atoms with Gasteiger partial charge < -0.3 is 5.73 Å². The molecule has 0 heterocycles. The van der Waals surface area contributed by atoms with Crippen LogP contribution < -0.4 is 5.73 Å². The second-order valence-electron chi connectivity index (χ2n) is 7.99. The fourth-order valence-corrected chi connectivity index (χ4v) is 3.20. The minimum Gasteiger partial charge on any atom is -0.329 e. The van der Waals surface area contributed by atoms with E-state index < -0.39 is 0 Å². The maximum absolute atomic E-state index is 6.15. The van der Waals surface area contributed by atoms with Crippen LogP contribution in [0.1, 0.15) is 63.6 Å². The Hall–Kier alpha value is -0.860. The lowest BCUT2D eigenvalue weighted by Crippen LogP contribution is -2.37. The molecule has 3 rings (SSSR count). The molecule has 0 bridgehead atoms. The molecule has 1 aromatic carbocycles. The highest BCUT2D eigenvalue weighted by Crippen LogP contribution is 2.39. The minimum absolute atomic E-state index is 0.223.